The molecule has 1 aliphatic rings. The molecule has 0 amide bonds. The zero-order chi connectivity index (χ0) is 15.7. The van der Waals surface area contributed by atoms with Crippen LogP contribution in [-0.2, 0) is 9.53 Å². The molecule has 1 aliphatic heterocycles. The van der Waals surface area contributed by atoms with E-state index in [-0.39, 0.29) is 5.97 Å². The Balaban J connectivity index is 0.000000829. The fourth-order valence-corrected chi connectivity index (χ4v) is 1.62. The Morgan fingerprint density at radius 3 is 2.10 bits per heavy atom. The Morgan fingerprint density at radius 2 is 1.65 bits per heavy atom. The van der Waals surface area contributed by atoms with E-state index in [2.05, 4.69) is 0 Å². The summed E-state index contributed by atoms with van der Waals surface area (Å²) in [5.41, 5.74) is 2.81. The predicted molar refractivity (Wildman–Crippen MR) is 82.9 cm³/mol. The highest BCUT2D eigenvalue weighted by Crippen LogP contribution is 2.23. The molecule has 0 bridgehead atoms. The lowest BCUT2D eigenvalue weighted by atomic mass is 10.1. The molecule has 2 rings (SSSR count). The van der Waals surface area contributed by atoms with E-state index in [9.17, 15) is 4.79 Å². The zero-order valence-corrected chi connectivity index (χ0v) is 13.6. The highest BCUT2D eigenvalue weighted by Gasteiger charge is 2.23. The Hall–Kier alpha value is -1.77. The van der Waals surface area contributed by atoms with Crippen molar-refractivity contribution in [2.45, 2.75) is 54.8 Å². The molecule has 0 spiro atoms. The van der Waals surface area contributed by atoms with Gasteiger partial charge in [-0.05, 0) is 32.4 Å². The van der Waals surface area contributed by atoms with Crippen LogP contribution in [0.4, 0.5) is 0 Å². The Morgan fingerprint density at radius 1 is 1.05 bits per heavy atom. The standard InChI is InChI=1S/C13H14O3.2C2H6/c1-8-4-5-11(9(2)6-8)15-12-7-10(3)13(14)16-12;2*1-2/h4-7,12H,1-3H3;2*1-2H3. The van der Waals surface area contributed by atoms with Gasteiger partial charge in [-0.3, -0.25) is 0 Å². The van der Waals surface area contributed by atoms with Gasteiger partial charge in [0.05, 0.1) is 0 Å². The summed E-state index contributed by atoms with van der Waals surface area (Å²) in [6, 6.07) is 5.89. The van der Waals surface area contributed by atoms with Crippen molar-refractivity contribution >= 4 is 5.97 Å². The van der Waals surface area contributed by atoms with Gasteiger partial charge in [-0.1, -0.05) is 45.4 Å². The average Bonchev–Trinajstić information content (AvgIpc) is 2.76. The van der Waals surface area contributed by atoms with Gasteiger partial charge >= 0.3 is 5.97 Å². The van der Waals surface area contributed by atoms with Gasteiger partial charge < -0.3 is 9.47 Å². The van der Waals surface area contributed by atoms with Gasteiger partial charge in [0.25, 0.3) is 6.29 Å². The highest BCUT2D eigenvalue weighted by atomic mass is 16.7. The maximum Gasteiger partial charge on any atom is 0.336 e. The minimum absolute atomic E-state index is 0.310. The molecule has 3 heteroatoms. The first-order valence-corrected chi connectivity index (χ1v) is 7.19. The third kappa shape index (κ3) is 5.08. The third-order valence-electron chi connectivity index (χ3n) is 2.50. The van der Waals surface area contributed by atoms with E-state index in [0.29, 0.717) is 5.57 Å². The first-order chi connectivity index (χ1) is 9.56. The first-order valence-electron chi connectivity index (χ1n) is 7.19. The van der Waals surface area contributed by atoms with E-state index in [4.69, 9.17) is 9.47 Å². The van der Waals surface area contributed by atoms with Crippen LogP contribution >= 0.6 is 0 Å². The van der Waals surface area contributed by atoms with Crippen LogP contribution in [0.5, 0.6) is 5.75 Å². The van der Waals surface area contributed by atoms with Crippen molar-refractivity contribution in [3.8, 4) is 5.75 Å². The number of hydrogen-bond acceptors (Lipinski definition) is 3. The minimum atomic E-state index is -0.589. The van der Waals surface area contributed by atoms with Crippen LogP contribution in [0.15, 0.2) is 29.8 Å². The topological polar surface area (TPSA) is 35.5 Å². The Kier molecular flexibility index (Phi) is 8.37. The van der Waals surface area contributed by atoms with E-state index >= 15 is 0 Å². The summed E-state index contributed by atoms with van der Waals surface area (Å²) in [6.07, 6.45) is 1.09. The molecule has 0 N–H and O–H groups in total. The van der Waals surface area contributed by atoms with E-state index in [0.717, 1.165) is 11.3 Å². The van der Waals surface area contributed by atoms with Gasteiger partial charge in [0.1, 0.15) is 5.75 Å². The van der Waals surface area contributed by atoms with Gasteiger partial charge in [-0.15, -0.1) is 0 Å². The molecule has 1 aromatic carbocycles. The van der Waals surface area contributed by atoms with E-state index in [1.165, 1.54) is 5.56 Å². The van der Waals surface area contributed by atoms with Gasteiger partial charge in [0.2, 0.25) is 0 Å². The van der Waals surface area contributed by atoms with Crippen molar-refractivity contribution in [2.75, 3.05) is 0 Å². The number of ether oxygens (including phenoxy) is 2. The lowest BCUT2D eigenvalue weighted by Gasteiger charge is -2.13. The van der Waals surface area contributed by atoms with E-state index < -0.39 is 6.29 Å². The van der Waals surface area contributed by atoms with Crippen LogP contribution in [0.25, 0.3) is 0 Å². The normalized spacial score (nSPS) is 16.1. The molecule has 0 aliphatic carbocycles. The third-order valence-corrected chi connectivity index (χ3v) is 2.50. The maximum atomic E-state index is 11.1. The first kappa shape index (κ1) is 18.2. The van der Waals surface area contributed by atoms with Crippen molar-refractivity contribution in [3.63, 3.8) is 0 Å². The summed E-state index contributed by atoms with van der Waals surface area (Å²) in [7, 11) is 0. The van der Waals surface area contributed by atoms with Crippen LogP contribution in [-0.4, -0.2) is 12.3 Å². The number of esters is 1. The summed E-state index contributed by atoms with van der Waals surface area (Å²) >= 11 is 0. The van der Waals surface area contributed by atoms with Crippen molar-refractivity contribution in [1.29, 1.82) is 0 Å². The average molecular weight is 278 g/mol. The lowest BCUT2D eigenvalue weighted by molar-refractivity contribution is -0.148. The quantitative estimate of drug-likeness (QED) is 0.744. The molecule has 20 heavy (non-hydrogen) atoms. The second-order valence-electron chi connectivity index (χ2n) is 4.01. The van der Waals surface area contributed by atoms with Gasteiger partial charge in [-0.2, -0.15) is 0 Å². The van der Waals surface area contributed by atoms with Crippen molar-refractivity contribution in [3.05, 3.63) is 41.0 Å². The molecule has 0 aromatic heterocycles. The summed E-state index contributed by atoms with van der Waals surface area (Å²) in [5.74, 6) is 0.434. The molecule has 0 radical (unpaired) electrons. The number of rotatable bonds is 2. The molecular weight excluding hydrogens is 252 g/mol. The smallest absolute Gasteiger partial charge is 0.336 e. The van der Waals surface area contributed by atoms with Crippen LogP contribution in [0.2, 0.25) is 0 Å². The number of carbonyl (C=O) groups is 1. The van der Waals surface area contributed by atoms with Crippen LogP contribution in [0.3, 0.4) is 0 Å². The molecule has 1 unspecified atom stereocenters. The highest BCUT2D eigenvalue weighted by molar-refractivity contribution is 5.90. The summed E-state index contributed by atoms with van der Waals surface area (Å²) in [6.45, 7) is 13.7. The number of aryl methyl sites for hydroxylation is 2. The minimum Gasteiger partial charge on any atom is -0.451 e. The summed E-state index contributed by atoms with van der Waals surface area (Å²) in [5, 5.41) is 0. The van der Waals surface area contributed by atoms with Crippen molar-refractivity contribution < 1.29 is 14.3 Å². The van der Waals surface area contributed by atoms with Crippen molar-refractivity contribution in [1.82, 2.24) is 0 Å². The molecule has 112 valence electrons. The SMILES string of the molecule is CC.CC.CC1=CC(Oc2ccc(C)cc2C)OC1=O. The van der Waals surface area contributed by atoms with Crippen LogP contribution < -0.4 is 4.74 Å². The molecule has 1 atom stereocenters. The number of cyclic esters (lactones) is 1. The number of benzene rings is 1. The molecule has 0 saturated heterocycles. The molecular formula is C17H26O3. The zero-order valence-electron chi connectivity index (χ0n) is 13.6. The molecule has 0 fully saturated rings. The van der Waals surface area contributed by atoms with Gasteiger partial charge in [-0.25, -0.2) is 4.79 Å². The Labute approximate surface area is 122 Å². The predicted octanol–water partition coefficient (Wildman–Crippen LogP) is 4.56. The van der Waals surface area contributed by atoms with Gasteiger partial charge in [0, 0.05) is 11.6 Å². The van der Waals surface area contributed by atoms with Gasteiger partial charge in [0.15, 0.2) is 0 Å². The monoisotopic (exact) mass is 278 g/mol. The maximum absolute atomic E-state index is 11.1. The number of hydrogen-bond donors (Lipinski definition) is 0. The van der Waals surface area contributed by atoms with Crippen molar-refractivity contribution in [2.24, 2.45) is 0 Å². The second-order valence-corrected chi connectivity index (χ2v) is 4.01. The summed E-state index contributed by atoms with van der Waals surface area (Å²) < 4.78 is 10.6. The largest absolute Gasteiger partial charge is 0.451 e. The number of carbonyl (C=O) groups excluding carboxylic acids is 1. The van der Waals surface area contributed by atoms with Crippen LogP contribution in [0, 0.1) is 13.8 Å². The fourth-order valence-electron chi connectivity index (χ4n) is 1.62. The van der Waals surface area contributed by atoms with E-state index in [1.807, 2.05) is 59.7 Å². The molecule has 1 heterocycles. The summed E-state index contributed by atoms with van der Waals surface area (Å²) in [4.78, 5) is 11.1. The van der Waals surface area contributed by atoms with E-state index in [1.54, 1.807) is 13.0 Å². The Bertz CT molecular complexity index is 461. The fraction of sp³-hybridized carbons (Fsp3) is 0.471. The lowest BCUT2D eigenvalue weighted by Crippen LogP contribution is -2.16. The molecule has 3 nitrogen and oxygen atoms in total. The van der Waals surface area contributed by atoms with Crippen LogP contribution in [0.1, 0.15) is 45.7 Å². The molecule has 1 aromatic rings. The molecule has 0 saturated carbocycles. The second kappa shape index (κ2) is 9.18.